The average Bonchev–Trinajstić information content (AvgIpc) is 2.78. The molecule has 0 saturated heterocycles. The lowest BCUT2D eigenvalue weighted by atomic mass is 10.2. The molecule has 0 bridgehead atoms. The Morgan fingerprint density at radius 1 is 1.00 bits per heavy atom. The molecule has 20 heteroatoms. The molecule has 0 aliphatic heterocycles. The number of aromatic nitrogens is 2. The maximum atomic E-state index is 13.6. The van der Waals surface area contributed by atoms with Crippen molar-refractivity contribution in [1.82, 2.24) is 9.97 Å². The minimum Gasteiger partial charge on any atom is -0.506 e. The molecule has 37 heavy (non-hydrogen) atoms. The molecule has 2 rings (SSSR count). The highest BCUT2D eigenvalue weighted by Gasteiger charge is 2.50. The molecular formula is C17H14Cl2F8N3O6P. The van der Waals surface area contributed by atoms with E-state index in [1.807, 2.05) is 10.3 Å². The van der Waals surface area contributed by atoms with E-state index in [4.69, 9.17) is 23.2 Å². The zero-order valence-corrected chi connectivity index (χ0v) is 20.0. The van der Waals surface area contributed by atoms with Crippen LogP contribution in [-0.2, 0) is 13.6 Å². The smallest absolute Gasteiger partial charge is 0.357 e. The molecule has 1 atom stereocenters. The molecule has 0 spiro atoms. The van der Waals surface area contributed by atoms with Crippen LogP contribution in [-0.4, -0.2) is 53.0 Å². The highest BCUT2D eigenvalue weighted by Crippen LogP contribution is 2.63. The van der Waals surface area contributed by atoms with Gasteiger partial charge in [-0.1, -0.05) is 23.2 Å². The molecule has 4 N–H and O–H groups in total. The van der Waals surface area contributed by atoms with E-state index < -0.39 is 84.6 Å². The second-order valence-corrected chi connectivity index (χ2v) is 10.0. The molecule has 0 aliphatic carbocycles. The summed E-state index contributed by atoms with van der Waals surface area (Å²) < 4.78 is 127. The summed E-state index contributed by atoms with van der Waals surface area (Å²) in [4.78, 5) is 27.0. The van der Waals surface area contributed by atoms with Crippen LogP contribution in [0.1, 0.15) is 11.3 Å². The molecule has 0 amide bonds. The maximum absolute atomic E-state index is 13.6. The van der Waals surface area contributed by atoms with Gasteiger partial charge in [0.1, 0.15) is 24.7 Å². The van der Waals surface area contributed by atoms with E-state index in [1.165, 1.54) is 0 Å². The van der Waals surface area contributed by atoms with Gasteiger partial charge in [-0.25, -0.2) is 22.4 Å². The number of aromatic hydroxyl groups is 1. The standard InChI is InChI=1S/C17H14Cl2F8N3O6P/c18-6-1-7(10(31)8(19)2-6)12(29-9-3-28-15(33)30-11(9)32)37(34,35-4-16(24,25)13(20)21)36-5-17(26,27)14(22)23/h1-3,12-14,29,31H,4-5H2,(H2,28,30,32,33). The molecule has 1 aromatic carbocycles. The number of phenolic OH excluding ortho intramolecular Hbond substituents is 1. The van der Waals surface area contributed by atoms with E-state index in [2.05, 4.69) is 9.05 Å². The Morgan fingerprint density at radius 2 is 1.51 bits per heavy atom. The Hall–Kier alpha value is -2.33. The number of aromatic amines is 2. The van der Waals surface area contributed by atoms with Gasteiger partial charge in [0.05, 0.1) is 5.02 Å². The van der Waals surface area contributed by atoms with Gasteiger partial charge in [-0.2, -0.15) is 17.6 Å². The number of alkyl halides is 8. The molecule has 9 nitrogen and oxygen atoms in total. The Labute approximate surface area is 210 Å². The Kier molecular flexibility index (Phi) is 9.68. The lowest BCUT2D eigenvalue weighted by molar-refractivity contribution is -0.158. The van der Waals surface area contributed by atoms with Gasteiger partial charge in [-0.05, 0) is 12.1 Å². The van der Waals surface area contributed by atoms with Crippen LogP contribution in [0.5, 0.6) is 5.75 Å². The van der Waals surface area contributed by atoms with Gasteiger partial charge in [0, 0.05) is 16.8 Å². The molecule has 208 valence electrons. The van der Waals surface area contributed by atoms with Gasteiger partial charge >= 0.3 is 38.0 Å². The largest absolute Gasteiger partial charge is 0.506 e. The van der Waals surface area contributed by atoms with Crippen LogP contribution in [0.4, 0.5) is 40.8 Å². The van der Waals surface area contributed by atoms with E-state index in [0.29, 0.717) is 12.3 Å². The second kappa shape index (κ2) is 11.6. The van der Waals surface area contributed by atoms with Crippen LogP contribution in [0.3, 0.4) is 0 Å². The highest BCUT2D eigenvalue weighted by atomic mass is 35.5. The summed E-state index contributed by atoms with van der Waals surface area (Å²) >= 11 is 11.6. The minimum absolute atomic E-state index is 0.373. The molecule has 0 aliphatic rings. The molecule has 1 heterocycles. The van der Waals surface area contributed by atoms with E-state index in [0.717, 1.165) is 6.07 Å². The lowest BCUT2D eigenvalue weighted by Crippen LogP contribution is -2.35. The monoisotopic (exact) mass is 609 g/mol. The van der Waals surface area contributed by atoms with Crippen molar-refractivity contribution >= 4 is 36.5 Å². The predicted octanol–water partition coefficient (Wildman–Crippen LogP) is 5.21. The quantitative estimate of drug-likeness (QED) is 0.192. The number of H-pyrrole nitrogens is 2. The topological polar surface area (TPSA) is 134 Å². The van der Waals surface area contributed by atoms with Crippen LogP contribution in [0, 0.1) is 0 Å². The molecule has 1 unspecified atom stereocenters. The normalized spacial score (nSPS) is 13.8. The van der Waals surface area contributed by atoms with Gasteiger partial charge < -0.3 is 24.5 Å². The number of anilines is 1. The molecule has 2 aromatic rings. The third-order valence-electron chi connectivity index (χ3n) is 4.29. The summed E-state index contributed by atoms with van der Waals surface area (Å²) in [5.41, 5.74) is -4.03. The van der Waals surface area contributed by atoms with Crippen molar-refractivity contribution in [3.05, 3.63) is 54.8 Å². The minimum atomic E-state index is -5.85. The van der Waals surface area contributed by atoms with Crippen molar-refractivity contribution < 1.29 is 53.8 Å². The number of nitrogens with one attached hydrogen (secondary N) is 3. The number of benzene rings is 1. The van der Waals surface area contributed by atoms with Crippen molar-refractivity contribution in [3.63, 3.8) is 0 Å². The van der Waals surface area contributed by atoms with E-state index in [9.17, 15) is 54.4 Å². The molecular weight excluding hydrogens is 596 g/mol. The Balaban J connectivity index is 2.72. The first-order chi connectivity index (χ1) is 16.9. The van der Waals surface area contributed by atoms with Crippen LogP contribution in [0.15, 0.2) is 27.9 Å². The van der Waals surface area contributed by atoms with Gasteiger partial charge in [-0.15, -0.1) is 0 Å². The van der Waals surface area contributed by atoms with Gasteiger partial charge in [0.25, 0.3) is 5.56 Å². The maximum Gasteiger partial charge on any atom is 0.357 e. The Bertz CT molecular complexity index is 1250. The van der Waals surface area contributed by atoms with Crippen LogP contribution in [0.2, 0.25) is 10.0 Å². The van der Waals surface area contributed by atoms with Crippen molar-refractivity contribution in [3.8, 4) is 5.75 Å². The fourth-order valence-corrected chi connectivity index (χ4v) is 4.87. The zero-order valence-electron chi connectivity index (χ0n) is 17.6. The fraction of sp³-hybridized carbons (Fsp3) is 0.412. The zero-order chi connectivity index (χ0) is 28.3. The summed E-state index contributed by atoms with van der Waals surface area (Å²) in [6.07, 6.45) is -8.25. The van der Waals surface area contributed by atoms with Gasteiger partial charge in [-0.3, -0.25) is 14.3 Å². The van der Waals surface area contributed by atoms with E-state index >= 15 is 0 Å². The summed E-state index contributed by atoms with van der Waals surface area (Å²) in [5, 5.41) is 11.3. The number of rotatable bonds is 12. The van der Waals surface area contributed by atoms with Crippen molar-refractivity contribution in [2.24, 2.45) is 0 Å². The SMILES string of the molecule is O=c1[nH]cc(NC(c2cc(Cl)cc(Cl)c2O)P(=O)(OCC(F)(F)C(F)F)OCC(F)(F)C(F)F)c(=O)[nH]1. The first-order valence-electron chi connectivity index (χ1n) is 9.37. The van der Waals surface area contributed by atoms with E-state index in [-0.39, 0.29) is 5.02 Å². The highest BCUT2D eigenvalue weighted by molar-refractivity contribution is 7.54. The van der Waals surface area contributed by atoms with Crippen molar-refractivity contribution in [2.45, 2.75) is 30.5 Å². The number of hydrogen-bond donors (Lipinski definition) is 4. The van der Waals surface area contributed by atoms with Crippen LogP contribution >= 0.6 is 30.8 Å². The molecule has 0 saturated carbocycles. The molecule has 0 radical (unpaired) electrons. The molecule has 1 aromatic heterocycles. The van der Waals surface area contributed by atoms with Crippen LogP contribution < -0.4 is 16.6 Å². The summed E-state index contributed by atoms with van der Waals surface area (Å²) in [6.45, 7) is -4.92. The van der Waals surface area contributed by atoms with Gasteiger partial charge in [0.15, 0.2) is 5.78 Å². The Morgan fingerprint density at radius 3 is 1.97 bits per heavy atom. The first-order valence-corrected chi connectivity index (χ1v) is 11.7. The summed E-state index contributed by atoms with van der Waals surface area (Å²) in [6, 6.07) is 1.60. The second-order valence-electron chi connectivity index (χ2n) is 7.07. The predicted molar refractivity (Wildman–Crippen MR) is 114 cm³/mol. The fourth-order valence-electron chi connectivity index (χ4n) is 2.45. The number of phenols is 1. The van der Waals surface area contributed by atoms with Crippen molar-refractivity contribution in [1.29, 1.82) is 0 Å². The third-order valence-corrected chi connectivity index (χ3v) is 6.82. The van der Waals surface area contributed by atoms with E-state index in [1.54, 1.807) is 4.98 Å². The summed E-state index contributed by atoms with van der Waals surface area (Å²) in [5.74, 6) is -13.7. The lowest BCUT2D eigenvalue weighted by Gasteiger charge is -2.31. The van der Waals surface area contributed by atoms with Crippen LogP contribution in [0.25, 0.3) is 0 Å². The average molecular weight is 610 g/mol. The third kappa shape index (κ3) is 7.60. The van der Waals surface area contributed by atoms with Gasteiger partial charge in [0.2, 0.25) is 0 Å². The summed E-state index contributed by atoms with van der Waals surface area (Å²) in [7, 11) is -5.85. The first kappa shape index (κ1) is 30.9. The number of halogens is 10. The molecule has 0 fully saturated rings. The number of hydrogen-bond acceptors (Lipinski definition) is 7. The van der Waals surface area contributed by atoms with Crippen molar-refractivity contribution in [2.75, 3.05) is 18.5 Å².